The Labute approximate surface area is 129 Å². The molecule has 1 aromatic carbocycles. The molecule has 0 fully saturated rings. The molecule has 0 saturated heterocycles. The van der Waals surface area contributed by atoms with E-state index in [9.17, 15) is 14.7 Å². The van der Waals surface area contributed by atoms with E-state index in [1.54, 1.807) is 6.20 Å². The minimum atomic E-state index is -0.903. The Morgan fingerprint density at radius 3 is 2.45 bits per heavy atom. The predicted octanol–water partition coefficient (Wildman–Crippen LogP) is 2.80. The molecule has 0 unspecified atom stereocenters. The maximum Gasteiger partial charge on any atom is 0.311 e. The van der Waals surface area contributed by atoms with Crippen molar-refractivity contribution in [2.75, 3.05) is 6.54 Å². The Morgan fingerprint density at radius 2 is 1.86 bits per heavy atom. The number of hydrogen-bond donors (Lipinski definition) is 2. The molecule has 118 valence electrons. The zero-order valence-electron chi connectivity index (χ0n) is 13.2. The molecule has 2 N–H and O–H groups in total. The molecular formula is C17H22N2O3. The lowest BCUT2D eigenvalue weighted by atomic mass is 9.82. The number of para-hydroxylation sites is 1. The van der Waals surface area contributed by atoms with Gasteiger partial charge in [0.1, 0.15) is 0 Å². The van der Waals surface area contributed by atoms with E-state index in [1.807, 2.05) is 49.7 Å². The second-order valence-corrected chi connectivity index (χ2v) is 5.65. The van der Waals surface area contributed by atoms with Gasteiger partial charge in [-0.1, -0.05) is 32.0 Å². The molecule has 2 rings (SSSR count). The Hall–Kier alpha value is -2.30. The molecule has 1 amide bonds. The first-order valence-electron chi connectivity index (χ1n) is 7.51. The smallest absolute Gasteiger partial charge is 0.311 e. The summed E-state index contributed by atoms with van der Waals surface area (Å²) in [6.45, 7) is 3.81. The van der Waals surface area contributed by atoms with Gasteiger partial charge < -0.3 is 15.0 Å². The standard InChI is InChI=1S/C17H22N2O3/c1-4-17(5-2,16(21)22)11-18-15(20)13-10-19(3)14-9-7-6-8-12(13)14/h6-10H,4-5,11H2,1-3H3,(H,18,20)(H,21,22). The monoisotopic (exact) mass is 302 g/mol. The van der Waals surface area contributed by atoms with Gasteiger partial charge in [0.05, 0.1) is 11.0 Å². The largest absolute Gasteiger partial charge is 0.481 e. The summed E-state index contributed by atoms with van der Waals surface area (Å²) in [5.74, 6) is -1.10. The van der Waals surface area contributed by atoms with Crippen LogP contribution in [0.4, 0.5) is 0 Å². The van der Waals surface area contributed by atoms with Crippen LogP contribution >= 0.6 is 0 Å². The molecule has 0 aliphatic rings. The molecule has 0 aliphatic carbocycles. The molecule has 2 aromatic rings. The number of carboxylic acids is 1. The van der Waals surface area contributed by atoms with Crippen molar-refractivity contribution in [3.05, 3.63) is 36.0 Å². The first-order valence-corrected chi connectivity index (χ1v) is 7.51. The van der Waals surface area contributed by atoms with Crippen molar-refractivity contribution in [2.45, 2.75) is 26.7 Å². The average Bonchev–Trinajstić information content (AvgIpc) is 2.86. The lowest BCUT2D eigenvalue weighted by molar-refractivity contribution is -0.149. The molecule has 0 radical (unpaired) electrons. The number of carboxylic acid groups (broad SMARTS) is 1. The summed E-state index contributed by atoms with van der Waals surface area (Å²) in [5, 5.41) is 13.1. The number of rotatable bonds is 6. The van der Waals surface area contributed by atoms with E-state index in [4.69, 9.17) is 0 Å². The van der Waals surface area contributed by atoms with E-state index in [0.29, 0.717) is 18.4 Å². The number of aryl methyl sites for hydroxylation is 1. The van der Waals surface area contributed by atoms with Crippen molar-refractivity contribution in [3.8, 4) is 0 Å². The van der Waals surface area contributed by atoms with Crippen LogP contribution < -0.4 is 5.32 Å². The minimum Gasteiger partial charge on any atom is -0.481 e. The molecule has 0 spiro atoms. The average molecular weight is 302 g/mol. The van der Waals surface area contributed by atoms with Crippen molar-refractivity contribution in [1.82, 2.24) is 9.88 Å². The Balaban J connectivity index is 2.23. The maximum absolute atomic E-state index is 12.5. The molecule has 0 atom stereocenters. The first-order chi connectivity index (χ1) is 10.4. The second-order valence-electron chi connectivity index (χ2n) is 5.65. The first kappa shape index (κ1) is 16.1. The van der Waals surface area contributed by atoms with Crippen LogP contribution in [-0.4, -0.2) is 28.1 Å². The lowest BCUT2D eigenvalue weighted by Gasteiger charge is -2.26. The van der Waals surface area contributed by atoms with Gasteiger partial charge in [0.25, 0.3) is 5.91 Å². The fraction of sp³-hybridized carbons (Fsp3) is 0.412. The molecule has 0 saturated carbocycles. The highest BCUT2D eigenvalue weighted by atomic mass is 16.4. The van der Waals surface area contributed by atoms with Gasteiger partial charge in [0.15, 0.2) is 0 Å². The van der Waals surface area contributed by atoms with Gasteiger partial charge >= 0.3 is 5.97 Å². The number of nitrogens with one attached hydrogen (secondary N) is 1. The van der Waals surface area contributed by atoms with Gasteiger partial charge in [-0.3, -0.25) is 9.59 Å². The zero-order chi connectivity index (χ0) is 16.3. The molecule has 0 bridgehead atoms. The van der Waals surface area contributed by atoms with Crippen LogP contribution in [0, 0.1) is 5.41 Å². The van der Waals surface area contributed by atoms with Gasteiger partial charge in [-0.05, 0) is 18.9 Å². The number of benzene rings is 1. The van der Waals surface area contributed by atoms with Crippen molar-refractivity contribution in [1.29, 1.82) is 0 Å². The highest BCUT2D eigenvalue weighted by Crippen LogP contribution is 2.26. The summed E-state index contributed by atoms with van der Waals surface area (Å²) in [7, 11) is 1.89. The fourth-order valence-corrected chi connectivity index (χ4v) is 2.75. The summed E-state index contributed by atoms with van der Waals surface area (Å²) < 4.78 is 1.90. The highest BCUT2D eigenvalue weighted by molar-refractivity contribution is 6.07. The van der Waals surface area contributed by atoms with Gasteiger partial charge in [-0.2, -0.15) is 0 Å². The molecule has 22 heavy (non-hydrogen) atoms. The molecule has 5 nitrogen and oxygen atoms in total. The van der Waals surface area contributed by atoms with Crippen molar-refractivity contribution in [2.24, 2.45) is 12.5 Å². The Morgan fingerprint density at radius 1 is 1.23 bits per heavy atom. The van der Waals surface area contributed by atoms with Crippen LogP contribution in [0.15, 0.2) is 30.5 Å². The highest BCUT2D eigenvalue weighted by Gasteiger charge is 2.35. The number of fused-ring (bicyclic) bond motifs is 1. The number of aliphatic carboxylic acids is 1. The quantitative estimate of drug-likeness (QED) is 0.862. The van der Waals surface area contributed by atoms with E-state index < -0.39 is 11.4 Å². The lowest BCUT2D eigenvalue weighted by Crippen LogP contribution is -2.42. The van der Waals surface area contributed by atoms with Crippen LogP contribution in [0.3, 0.4) is 0 Å². The fourth-order valence-electron chi connectivity index (χ4n) is 2.75. The van der Waals surface area contributed by atoms with Crippen LogP contribution in [0.5, 0.6) is 0 Å². The summed E-state index contributed by atoms with van der Waals surface area (Å²) in [5.41, 5.74) is 0.646. The third-order valence-corrected chi connectivity index (χ3v) is 4.54. The van der Waals surface area contributed by atoms with Gasteiger partial charge in [0, 0.05) is 30.7 Å². The number of carbonyl (C=O) groups is 2. The number of amides is 1. The Kier molecular flexibility index (Phi) is 4.54. The van der Waals surface area contributed by atoms with Crippen LogP contribution in [0.2, 0.25) is 0 Å². The second kappa shape index (κ2) is 6.22. The van der Waals surface area contributed by atoms with Crippen LogP contribution in [0.25, 0.3) is 10.9 Å². The van der Waals surface area contributed by atoms with E-state index in [-0.39, 0.29) is 12.5 Å². The molecule has 1 aromatic heterocycles. The minimum absolute atomic E-state index is 0.136. The number of carbonyl (C=O) groups excluding carboxylic acids is 1. The van der Waals surface area contributed by atoms with Crippen LogP contribution in [-0.2, 0) is 11.8 Å². The van der Waals surface area contributed by atoms with Crippen LogP contribution in [0.1, 0.15) is 37.0 Å². The number of hydrogen-bond acceptors (Lipinski definition) is 2. The molecular weight excluding hydrogens is 280 g/mol. The molecule has 0 aliphatic heterocycles. The van der Waals surface area contributed by atoms with E-state index in [2.05, 4.69) is 5.32 Å². The van der Waals surface area contributed by atoms with Gasteiger partial charge in [-0.25, -0.2) is 0 Å². The third kappa shape index (κ3) is 2.71. The summed E-state index contributed by atoms with van der Waals surface area (Å²) in [6.07, 6.45) is 2.74. The van der Waals surface area contributed by atoms with Crippen molar-refractivity contribution < 1.29 is 14.7 Å². The van der Waals surface area contributed by atoms with E-state index in [1.165, 1.54) is 0 Å². The predicted molar refractivity (Wildman–Crippen MR) is 85.9 cm³/mol. The van der Waals surface area contributed by atoms with E-state index in [0.717, 1.165) is 10.9 Å². The van der Waals surface area contributed by atoms with Crippen molar-refractivity contribution >= 4 is 22.8 Å². The Bertz CT molecular complexity index is 699. The summed E-state index contributed by atoms with van der Waals surface area (Å²) >= 11 is 0. The summed E-state index contributed by atoms with van der Waals surface area (Å²) in [6, 6.07) is 7.66. The van der Waals surface area contributed by atoms with Crippen molar-refractivity contribution in [3.63, 3.8) is 0 Å². The third-order valence-electron chi connectivity index (χ3n) is 4.54. The van der Waals surface area contributed by atoms with E-state index >= 15 is 0 Å². The number of aromatic nitrogens is 1. The molecule has 1 heterocycles. The topological polar surface area (TPSA) is 71.3 Å². The molecule has 5 heteroatoms. The zero-order valence-corrected chi connectivity index (χ0v) is 13.2. The number of nitrogens with zero attached hydrogens (tertiary/aromatic N) is 1. The normalized spacial score (nSPS) is 11.6. The SMILES string of the molecule is CCC(CC)(CNC(=O)c1cn(C)c2ccccc12)C(=O)O. The summed E-state index contributed by atoms with van der Waals surface area (Å²) in [4.78, 5) is 23.9. The van der Waals surface area contributed by atoms with Gasteiger partial charge in [0.2, 0.25) is 0 Å². The maximum atomic E-state index is 12.5. The van der Waals surface area contributed by atoms with Gasteiger partial charge in [-0.15, -0.1) is 0 Å².